The summed E-state index contributed by atoms with van der Waals surface area (Å²) in [5.74, 6) is 0.312. The summed E-state index contributed by atoms with van der Waals surface area (Å²) in [7, 11) is 1.57. The van der Waals surface area contributed by atoms with Crippen LogP contribution >= 0.6 is 0 Å². The highest BCUT2D eigenvalue weighted by Crippen LogP contribution is 2.33. The van der Waals surface area contributed by atoms with Gasteiger partial charge in [-0.1, -0.05) is 42.5 Å². The van der Waals surface area contributed by atoms with Gasteiger partial charge in [0.25, 0.3) is 0 Å². The number of ether oxygens (including phenoxy) is 1. The Morgan fingerprint density at radius 2 is 1.92 bits per heavy atom. The summed E-state index contributed by atoms with van der Waals surface area (Å²) >= 11 is 0. The molecule has 5 nitrogen and oxygen atoms in total. The maximum atomic E-state index is 13.0. The number of fused-ring (bicyclic) bond motifs is 2. The summed E-state index contributed by atoms with van der Waals surface area (Å²) < 4.78 is 5.20. The number of hydrogen-bond acceptors (Lipinski definition) is 3. The van der Waals surface area contributed by atoms with E-state index in [1.165, 1.54) is 4.90 Å². The van der Waals surface area contributed by atoms with Crippen LogP contribution in [-0.2, 0) is 16.0 Å². The first-order valence-corrected chi connectivity index (χ1v) is 8.40. The Balaban J connectivity index is 1.67. The lowest BCUT2D eigenvalue weighted by Crippen LogP contribution is -2.42. The number of carbonyl (C=O) groups excluding carboxylic acids is 2. The number of benzene rings is 3. The van der Waals surface area contributed by atoms with Crippen LogP contribution < -0.4 is 15.0 Å². The van der Waals surface area contributed by atoms with Gasteiger partial charge in [-0.3, -0.25) is 9.59 Å². The maximum Gasteiger partial charge on any atom is 0.244 e. The summed E-state index contributed by atoms with van der Waals surface area (Å²) in [5, 5.41) is 4.95. The Kier molecular flexibility index (Phi) is 4.05. The van der Waals surface area contributed by atoms with Gasteiger partial charge in [0.15, 0.2) is 0 Å². The van der Waals surface area contributed by atoms with E-state index >= 15 is 0 Å². The van der Waals surface area contributed by atoms with E-state index < -0.39 is 0 Å². The summed E-state index contributed by atoms with van der Waals surface area (Å²) in [4.78, 5) is 26.6. The molecule has 5 heteroatoms. The van der Waals surface area contributed by atoms with Crippen molar-refractivity contribution >= 4 is 34.0 Å². The molecular formula is C21H18N2O3. The molecule has 0 bridgehead atoms. The number of amides is 2. The molecule has 1 aliphatic rings. The van der Waals surface area contributed by atoms with E-state index in [9.17, 15) is 9.59 Å². The molecule has 0 fully saturated rings. The van der Waals surface area contributed by atoms with E-state index in [0.29, 0.717) is 17.1 Å². The molecule has 0 unspecified atom stereocenters. The van der Waals surface area contributed by atoms with E-state index in [-0.39, 0.29) is 24.8 Å². The number of rotatable bonds is 3. The average Bonchev–Trinajstić information content (AvgIpc) is 2.67. The van der Waals surface area contributed by atoms with Crippen molar-refractivity contribution < 1.29 is 14.3 Å². The smallest absolute Gasteiger partial charge is 0.244 e. The minimum atomic E-state index is -0.211. The van der Waals surface area contributed by atoms with Crippen molar-refractivity contribution in [3.63, 3.8) is 0 Å². The highest BCUT2D eigenvalue weighted by atomic mass is 16.5. The van der Waals surface area contributed by atoms with Crippen LogP contribution in [0.5, 0.6) is 5.75 Å². The quantitative estimate of drug-likeness (QED) is 0.791. The number of anilines is 2. The molecular weight excluding hydrogens is 328 g/mol. The molecule has 0 atom stereocenters. The number of methoxy groups -OCH3 is 1. The molecule has 0 saturated carbocycles. The molecule has 3 aromatic rings. The lowest BCUT2D eigenvalue weighted by Gasteiger charge is -2.29. The lowest BCUT2D eigenvalue weighted by atomic mass is 10.0. The largest absolute Gasteiger partial charge is 0.497 e. The Morgan fingerprint density at radius 1 is 1.12 bits per heavy atom. The van der Waals surface area contributed by atoms with Gasteiger partial charge in [-0.05, 0) is 28.5 Å². The van der Waals surface area contributed by atoms with Gasteiger partial charge in [-0.2, -0.15) is 0 Å². The summed E-state index contributed by atoms with van der Waals surface area (Å²) in [5.41, 5.74) is 2.23. The topological polar surface area (TPSA) is 58.6 Å². The monoisotopic (exact) mass is 346 g/mol. The highest BCUT2D eigenvalue weighted by Gasteiger charge is 2.27. The van der Waals surface area contributed by atoms with Gasteiger partial charge in [0, 0.05) is 6.07 Å². The van der Waals surface area contributed by atoms with Gasteiger partial charge in [-0.15, -0.1) is 0 Å². The van der Waals surface area contributed by atoms with E-state index in [2.05, 4.69) is 5.32 Å². The molecule has 1 aliphatic heterocycles. The van der Waals surface area contributed by atoms with Crippen LogP contribution in [-0.4, -0.2) is 25.5 Å². The number of carbonyl (C=O) groups is 2. The Labute approximate surface area is 151 Å². The first-order chi connectivity index (χ1) is 12.7. The van der Waals surface area contributed by atoms with Crippen molar-refractivity contribution in [1.82, 2.24) is 0 Å². The van der Waals surface area contributed by atoms with Crippen LogP contribution in [0.15, 0.2) is 60.7 Å². The zero-order valence-corrected chi connectivity index (χ0v) is 14.4. The Morgan fingerprint density at radius 3 is 2.77 bits per heavy atom. The standard InChI is InChI=1S/C21H18N2O3/c1-26-16-9-10-19-18(12-16)22-20(24)13-23(19)21(25)11-15-7-4-6-14-5-2-3-8-17(14)15/h2-10,12H,11,13H2,1H3,(H,22,24). The number of nitrogens with zero attached hydrogens (tertiary/aromatic N) is 1. The number of hydrogen-bond donors (Lipinski definition) is 1. The lowest BCUT2D eigenvalue weighted by molar-refractivity contribution is -0.121. The number of nitrogens with one attached hydrogen (secondary N) is 1. The van der Waals surface area contributed by atoms with Gasteiger partial charge in [-0.25, -0.2) is 0 Å². The zero-order chi connectivity index (χ0) is 18.1. The zero-order valence-electron chi connectivity index (χ0n) is 14.4. The van der Waals surface area contributed by atoms with Gasteiger partial charge < -0.3 is 15.0 Å². The van der Waals surface area contributed by atoms with Crippen LogP contribution in [0.1, 0.15) is 5.56 Å². The minimum absolute atomic E-state index is 0.0168. The molecule has 0 radical (unpaired) electrons. The molecule has 1 N–H and O–H groups in total. The average molecular weight is 346 g/mol. The van der Waals surface area contributed by atoms with Crippen molar-refractivity contribution in [3.05, 3.63) is 66.2 Å². The van der Waals surface area contributed by atoms with Crippen LogP contribution in [0.2, 0.25) is 0 Å². The van der Waals surface area contributed by atoms with E-state index in [1.54, 1.807) is 25.3 Å². The third-order valence-electron chi connectivity index (χ3n) is 4.59. The predicted molar refractivity (Wildman–Crippen MR) is 102 cm³/mol. The van der Waals surface area contributed by atoms with E-state index in [1.807, 2.05) is 42.5 Å². The Bertz CT molecular complexity index is 1010. The molecule has 26 heavy (non-hydrogen) atoms. The Hall–Kier alpha value is -3.34. The van der Waals surface area contributed by atoms with Crippen LogP contribution in [0, 0.1) is 0 Å². The van der Waals surface area contributed by atoms with Crippen LogP contribution in [0.4, 0.5) is 11.4 Å². The van der Waals surface area contributed by atoms with Gasteiger partial charge in [0.2, 0.25) is 11.8 Å². The van der Waals surface area contributed by atoms with Crippen molar-refractivity contribution in [2.75, 3.05) is 23.9 Å². The third kappa shape index (κ3) is 2.88. The molecule has 0 aromatic heterocycles. The van der Waals surface area contributed by atoms with Crippen molar-refractivity contribution in [3.8, 4) is 5.75 Å². The SMILES string of the molecule is COc1ccc2c(c1)NC(=O)CN2C(=O)Cc1cccc2ccccc12. The van der Waals surface area contributed by atoms with Crippen molar-refractivity contribution in [2.45, 2.75) is 6.42 Å². The molecule has 0 saturated heterocycles. The first-order valence-electron chi connectivity index (χ1n) is 8.40. The normalized spacial score (nSPS) is 13.3. The van der Waals surface area contributed by atoms with Gasteiger partial charge in [0.05, 0.1) is 24.9 Å². The third-order valence-corrected chi connectivity index (χ3v) is 4.59. The predicted octanol–water partition coefficient (Wildman–Crippen LogP) is 3.38. The second-order valence-electron chi connectivity index (χ2n) is 6.23. The van der Waals surface area contributed by atoms with Crippen LogP contribution in [0.3, 0.4) is 0 Å². The molecule has 0 aliphatic carbocycles. The molecule has 4 rings (SSSR count). The summed E-state index contributed by atoms with van der Waals surface area (Å²) in [6.45, 7) is 0.0168. The van der Waals surface area contributed by atoms with E-state index in [0.717, 1.165) is 16.3 Å². The van der Waals surface area contributed by atoms with Gasteiger partial charge >= 0.3 is 0 Å². The molecule has 2 amide bonds. The fraction of sp³-hybridized carbons (Fsp3) is 0.143. The molecule has 1 heterocycles. The second kappa shape index (κ2) is 6.52. The fourth-order valence-electron chi connectivity index (χ4n) is 3.32. The maximum absolute atomic E-state index is 13.0. The summed E-state index contributed by atoms with van der Waals surface area (Å²) in [6.07, 6.45) is 0.236. The fourth-order valence-corrected chi connectivity index (χ4v) is 3.32. The first kappa shape index (κ1) is 16.1. The molecule has 3 aromatic carbocycles. The van der Waals surface area contributed by atoms with Crippen LogP contribution in [0.25, 0.3) is 10.8 Å². The molecule has 130 valence electrons. The summed E-state index contributed by atoms with van der Waals surface area (Å²) in [6, 6.07) is 19.2. The minimum Gasteiger partial charge on any atom is -0.497 e. The van der Waals surface area contributed by atoms with Crippen molar-refractivity contribution in [1.29, 1.82) is 0 Å². The van der Waals surface area contributed by atoms with Gasteiger partial charge in [0.1, 0.15) is 12.3 Å². The second-order valence-corrected chi connectivity index (χ2v) is 6.23. The van der Waals surface area contributed by atoms with E-state index in [4.69, 9.17) is 4.74 Å². The molecule has 0 spiro atoms. The van der Waals surface area contributed by atoms with Crippen molar-refractivity contribution in [2.24, 2.45) is 0 Å². The highest BCUT2D eigenvalue weighted by molar-refractivity contribution is 6.11.